The molecule has 118 valence electrons. The van der Waals surface area contributed by atoms with Crippen LogP contribution in [-0.4, -0.2) is 36.5 Å². The fourth-order valence-electron chi connectivity index (χ4n) is 1.48. The van der Waals surface area contributed by atoms with Crippen LogP contribution < -0.4 is 5.32 Å². The summed E-state index contributed by atoms with van der Waals surface area (Å²) in [4.78, 5) is 12.0. The first-order valence-corrected chi connectivity index (χ1v) is 10.1. The first kappa shape index (κ1) is 17.2. The molecule has 1 amide bonds. The number of rotatable bonds is 5. The fourth-order valence-corrected chi connectivity index (χ4v) is 3.91. The summed E-state index contributed by atoms with van der Waals surface area (Å²) in [5, 5.41) is 11.5. The number of nitrogens with one attached hydrogen (secondary N) is 1. The molecule has 0 aliphatic heterocycles. The molecule has 0 radical (unpaired) electrons. The standard InChI is InChI=1S/C12H12ClN3O3S3/c1-7-15-16-12(21-7)20-6-11(17)14-10-5-8(22(2,18)19)3-4-9(10)13/h3-5H,6H2,1-2H3,(H,14,17). The first-order chi connectivity index (χ1) is 10.3. The molecule has 0 saturated carbocycles. The van der Waals surface area contributed by atoms with Crippen molar-refractivity contribution in [3.8, 4) is 0 Å². The molecule has 1 aromatic carbocycles. The molecule has 22 heavy (non-hydrogen) atoms. The number of hydrogen-bond donors (Lipinski definition) is 1. The van der Waals surface area contributed by atoms with Gasteiger partial charge < -0.3 is 5.32 Å². The van der Waals surface area contributed by atoms with Gasteiger partial charge in [0.15, 0.2) is 14.2 Å². The minimum Gasteiger partial charge on any atom is -0.324 e. The maximum absolute atomic E-state index is 11.9. The molecule has 0 aliphatic rings. The highest BCUT2D eigenvalue weighted by Crippen LogP contribution is 2.26. The largest absolute Gasteiger partial charge is 0.324 e. The van der Waals surface area contributed by atoms with Crippen LogP contribution in [0.15, 0.2) is 27.4 Å². The van der Waals surface area contributed by atoms with E-state index in [1.54, 1.807) is 0 Å². The molecule has 2 aromatic rings. The predicted octanol–water partition coefficient (Wildman–Crippen LogP) is 2.63. The van der Waals surface area contributed by atoms with Gasteiger partial charge in [-0.2, -0.15) is 0 Å². The maximum Gasteiger partial charge on any atom is 0.234 e. The van der Waals surface area contributed by atoms with E-state index in [0.717, 1.165) is 11.3 Å². The molecular formula is C12H12ClN3O3S3. The number of hydrogen-bond acceptors (Lipinski definition) is 7. The molecule has 0 spiro atoms. The number of sulfone groups is 1. The Bertz CT molecular complexity index is 805. The van der Waals surface area contributed by atoms with E-state index in [2.05, 4.69) is 15.5 Å². The van der Waals surface area contributed by atoms with Crippen LogP contribution in [0.3, 0.4) is 0 Å². The molecule has 10 heteroatoms. The number of thioether (sulfide) groups is 1. The molecule has 0 aliphatic carbocycles. The van der Waals surface area contributed by atoms with Gasteiger partial charge in [0.1, 0.15) is 5.01 Å². The van der Waals surface area contributed by atoms with Crippen molar-refractivity contribution in [1.82, 2.24) is 10.2 Å². The van der Waals surface area contributed by atoms with Crippen molar-refractivity contribution in [3.05, 3.63) is 28.2 Å². The van der Waals surface area contributed by atoms with E-state index in [9.17, 15) is 13.2 Å². The third-order valence-electron chi connectivity index (χ3n) is 2.47. The quantitative estimate of drug-likeness (QED) is 0.805. The van der Waals surface area contributed by atoms with Crippen LogP contribution in [-0.2, 0) is 14.6 Å². The molecule has 2 rings (SSSR count). The summed E-state index contributed by atoms with van der Waals surface area (Å²) in [5.41, 5.74) is 0.267. The lowest BCUT2D eigenvalue weighted by Gasteiger charge is -2.08. The first-order valence-electron chi connectivity index (χ1n) is 5.98. The zero-order valence-corrected chi connectivity index (χ0v) is 14.9. The molecule has 0 atom stereocenters. The second-order valence-electron chi connectivity index (χ2n) is 4.34. The minimum absolute atomic E-state index is 0.0969. The Morgan fingerprint density at radius 2 is 2.14 bits per heavy atom. The van der Waals surface area contributed by atoms with E-state index in [4.69, 9.17) is 11.6 Å². The van der Waals surface area contributed by atoms with Crippen molar-refractivity contribution >= 4 is 56.1 Å². The molecule has 0 bridgehead atoms. The van der Waals surface area contributed by atoms with Crippen LogP contribution in [0.1, 0.15) is 5.01 Å². The lowest BCUT2D eigenvalue weighted by atomic mass is 10.3. The van der Waals surface area contributed by atoms with Crippen molar-refractivity contribution < 1.29 is 13.2 Å². The number of aryl methyl sites for hydroxylation is 1. The van der Waals surface area contributed by atoms with E-state index >= 15 is 0 Å². The molecule has 1 aromatic heterocycles. The third kappa shape index (κ3) is 4.67. The monoisotopic (exact) mass is 377 g/mol. The van der Waals surface area contributed by atoms with Gasteiger partial charge in [-0.15, -0.1) is 10.2 Å². The maximum atomic E-state index is 11.9. The van der Waals surface area contributed by atoms with Crippen LogP contribution >= 0.6 is 34.7 Å². The molecule has 0 unspecified atom stereocenters. The smallest absolute Gasteiger partial charge is 0.234 e. The Morgan fingerprint density at radius 3 is 2.73 bits per heavy atom. The van der Waals surface area contributed by atoms with E-state index < -0.39 is 9.84 Å². The van der Waals surface area contributed by atoms with Crippen molar-refractivity contribution in [1.29, 1.82) is 0 Å². The van der Waals surface area contributed by atoms with Crippen LogP contribution in [0.2, 0.25) is 5.02 Å². The molecule has 1 N–H and O–H groups in total. The van der Waals surface area contributed by atoms with Crippen LogP contribution in [0, 0.1) is 6.92 Å². The number of carbonyl (C=O) groups is 1. The van der Waals surface area contributed by atoms with Gasteiger partial charge in [-0.1, -0.05) is 34.7 Å². The Balaban J connectivity index is 2.05. The van der Waals surface area contributed by atoms with Gasteiger partial charge >= 0.3 is 0 Å². The summed E-state index contributed by atoms with van der Waals surface area (Å²) < 4.78 is 23.7. The normalized spacial score (nSPS) is 11.4. The lowest BCUT2D eigenvalue weighted by Crippen LogP contribution is -2.14. The number of benzene rings is 1. The SMILES string of the molecule is Cc1nnc(SCC(=O)Nc2cc(S(C)(=O)=O)ccc2Cl)s1. The van der Waals surface area contributed by atoms with Gasteiger partial charge in [-0.3, -0.25) is 4.79 Å². The summed E-state index contributed by atoms with van der Waals surface area (Å²) in [6, 6.07) is 4.18. The third-order valence-corrected chi connectivity index (χ3v) is 5.89. The van der Waals surface area contributed by atoms with Gasteiger partial charge in [0, 0.05) is 6.26 Å². The highest BCUT2D eigenvalue weighted by Gasteiger charge is 2.13. The summed E-state index contributed by atoms with van der Waals surface area (Å²) in [6.45, 7) is 1.83. The van der Waals surface area contributed by atoms with E-state index in [1.165, 1.54) is 41.3 Å². The molecule has 0 saturated heterocycles. The minimum atomic E-state index is -3.36. The number of aromatic nitrogens is 2. The fraction of sp³-hybridized carbons (Fsp3) is 0.250. The molecule has 6 nitrogen and oxygen atoms in total. The average Bonchev–Trinajstić information content (AvgIpc) is 2.83. The van der Waals surface area contributed by atoms with Gasteiger partial charge in [0.2, 0.25) is 5.91 Å². The topological polar surface area (TPSA) is 89.0 Å². The van der Waals surface area contributed by atoms with Crippen molar-refractivity contribution in [2.75, 3.05) is 17.3 Å². The molecular weight excluding hydrogens is 366 g/mol. The van der Waals surface area contributed by atoms with E-state index in [0.29, 0.717) is 4.34 Å². The van der Waals surface area contributed by atoms with E-state index in [1.807, 2.05) is 6.92 Å². The Morgan fingerprint density at radius 1 is 1.41 bits per heavy atom. The van der Waals surface area contributed by atoms with Gasteiger partial charge in [-0.25, -0.2) is 8.42 Å². The Hall–Kier alpha value is -1.16. The summed E-state index contributed by atoms with van der Waals surface area (Å²) in [6.07, 6.45) is 1.09. The molecule has 1 heterocycles. The average molecular weight is 378 g/mol. The zero-order valence-electron chi connectivity index (χ0n) is 11.7. The zero-order chi connectivity index (χ0) is 16.3. The molecule has 0 fully saturated rings. The van der Waals surface area contributed by atoms with Gasteiger partial charge in [-0.05, 0) is 25.1 Å². The van der Waals surface area contributed by atoms with Crippen LogP contribution in [0.4, 0.5) is 5.69 Å². The number of amides is 1. The second-order valence-corrected chi connectivity index (χ2v) is 9.16. The number of halogens is 1. The Labute approximate surface area is 141 Å². The summed E-state index contributed by atoms with van der Waals surface area (Å²) in [7, 11) is -3.36. The van der Waals surface area contributed by atoms with Gasteiger partial charge in [0.05, 0.1) is 21.4 Å². The van der Waals surface area contributed by atoms with Crippen LogP contribution in [0.25, 0.3) is 0 Å². The second kappa shape index (κ2) is 6.95. The lowest BCUT2D eigenvalue weighted by molar-refractivity contribution is -0.113. The number of carbonyl (C=O) groups excluding carboxylic acids is 1. The van der Waals surface area contributed by atoms with E-state index in [-0.39, 0.29) is 27.3 Å². The van der Waals surface area contributed by atoms with Gasteiger partial charge in [0.25, 0.3) is 0 Å². The van der Waals surface area contributed by atoms with Crippen molar-refractivity contribution in [3.63, 3.8) is 0 Å². The number of anilines is 1. The predicted molar refractivity (Wildman–Crippen MR) is 88.6 cm³/mol. The van der Waals surface area contributed by atoms with Crippen molar-refractivity contribution in [2.24, 2.45) is 0 Å². The highest BCUT2D eigenvalue weighted by molar-refractivity contribution is 8.01. The summed E-state index contributed by atoms with van der Waals surface area (Å²) >= 11 is 8.63. The Kier molecular flexibility index (Phi) is 5.43. The summed E-state index contributed by atoms with van der Waals surface area (Å²) in [5.74, 6) is -0.168. The number of nitrogens with zero attached hydrogens (tertiary/aromatic N) is 2. The highest BCUT2D eigenvalue weighted by atomic mass is 35.5. The van der Waals surface area contributed by atoms with Crippen LogP contribution in [0.5, 0.6) is 0 Å². The van der Waals surface area contributed by atoms with Crippen molar-refractivity contribution in [2.45, 2.75) is 16.2 Å².